The maximum atomic E-state index is 5.56. The minimum absolute atomic E-state index is 0.259. The average Bonchev–Trinajstić information content (AvgIpc) is 3.31. The first-order valence-electron chi connectivity index (χ1n) is 10.9. The van der Waals surface area contributed by atoms with Crippen LogP contribution in [0.3, 0.4) is 0 Å². The van der Waals surface area contributed by atoms with E-state index in [1.165, 1.54) is 11.1 Å². The predicted octanol–water partition coefficient (Wildman–Crippen LogP) is 5.23. The van der Waals surface area contributed by atoms with Gasteiger partial charge in [-0.15, -0.1) is 0 Å². The molecule has 1 aliphatic heterocycles. The van der Waals surface area contributed by atoms with Crippen molar-refractivity contribution in [3.8, 4) is 11.5 Å². The van der Waals surface area contributed by atoms with E-state index in [9.17, 15) is 0 Å². The van der Waals surface area contributed by atoms with E-state index in [4.69, 9.17) is 14.5 Å². The Morgan fingerprint density at radius 1 is 0.750 bits per heavy atom. The summed E-state index contributed by atoms with van der Waals surface area (Å²) in [6, 6.07) is 25.7. The number of aromatic nitrogens is 1. The first-order chi connectivity index (χ1) is 15.8. The molecule has 0 aliphatic carbocycles. The molecular weight excluding hydrogens is 418 g/mol. The minimum Gasteiger partial charge on any atom is -0.495 e. The lowest BCUT2D eigenvalue weighted by Gasteiger charge is -2.39. The zero-order chi connectivity index (χ0) is 21.9. The second-order valence-corrected chi connectivity index (χ2v) is 8.87. The molecule has 0 bridgehead atoms. The maximum Gasteiger partial charge on any atom is 0.186 e. The molecule has 3 aromatic carbocycles. The Hall–Kier alpha value is -3.09. The first-order valence-corrected chi connectivity index (χ1v) is 11.7. The van der Waals surface area contributed by atoms with E-state index in [2.05, 4.69) is 70.5 Å². The third-order valence-electron chi connectivity index (χ3n) is 6.08. The van der Waals surface area contributed by atoms with Gasteiger partial charge in [0.1, 0.15) is 21.7 Å². The standard InChI is InChI=1S/C26H27N3O2S/c1-30-21-13-14-22(31-2)25-23(21)27-26(32-25)29-17-15-28(16-18-29)24(19-9-5-3-6-10-19)20-11-7-4-8-12-20/h3-14,24H,15-18H2,1-2H3. The second-order valence-electron chi connectivity index (χ2n) is 7.89. The van der Waals surface area contributed by atoms with E-state index in [0.29, 0.717) is 0 Å². The fourth-order valence-corrected chi connectivity index (χ4v) is 5.59. The van der Waals surface area contributed by atoms with Crippen LogP contribution in [0.5, 0.6) is 11.5 Å². The van der Waals surface area contributed by atoms with Gasteiger partial charge in [-0.3, -0.25) is 4.90 Å². The number of benzene rings is 3. The van der Waals surface area contributed by atoms with Crippen molar-refractivity contribution in [2.75, 3.05) is 45.3 Å². The van der Waals surface area contributed by atoms with Crippen molar-refractivity contribution in [2.45, 2.75) is 6.04 Å². The normalized spacial score (nSPS) is 14.8. The van der Waals surface area contributed by atoms with Crippen molar-refractivity contribution in [2.24, 2.45) is 0 Å². The van der Waals surface area contributed by atoms with Gasteiger partial charge in [0.05, 0.1) is 20.3 Å². The Morgan fingerprint density at radius 3 is 1.88 bits per heavy atom. The van der Waals surface area contributed by atoms with Gasteiger partial charge in [-0.05, 0) is 23.3 Å². The van der Waals surface area contributed by atoms with E-state index >= 15 is 0 Å². The lowest BCUT2D eigenvalue weighted by atomic mass is 9.96. The van der Waals surface area contributed by atoms with Crippen molar-refractivity contribution < 1.29 is 9.47 Å². The molecule has 0 amide bonds. The number of piperazine rings is 1. The Labute approximate surface area is 192 Å². The van der Waals surface area contributed by atoms with Crippen LogP contribution in [0.2, 0.25) is 0 Å². The van der Waals surface area contributed by atoms with Crippen LogP contribution in [0.15, 0.2) is 72.8 Å². The molecule has 1 fully saturated rings. The van der Waals surface area contributed by atoms with Crippen molar-refractivity contribution >= 4 is 26.7 Å². The summed E-state index contributed by atoms with van der Waals surface area (Å²) in [5.41, 5.74) is 3.55. The van der Waals surface area contributed by atoms with Gasteiger partial charge in [0.25, 0.3) is 0 Å². The number of fused-ring (bicyclic) bond motifs is 1. The predicted molar refractivity (Wildman–Crippen MR) is 131 cm³/mol. The van der Waals surface area contributed by atoms with Crippen molar-refractivity contribution in [1.82, 2.24) is 9.88 Å². The summed E-state index contributed by atoms with van der Waals surface area (Å²) in [6.07, 6.45) is 0. The molecule has 1 aliphatic rings. The molecule has 5 nitrogen and oxygen atoms in total. The van der Waals surface area contributed by atoms with Crippen LogP contribution in [0, 0.1) is 0 Å². The lowest BCUT2D eigenvalue weighted by Crippen LogP contribution is -2.47. The lowest BCUT2D eigenvalue weighted by molar-refractivity contribution is 0.212. The number of rotatable bonds is 6. The SMILES string of the molecule is COc1ccc(OC)c2sc(N3CCN(C(c4ccccc4)c4ccccc4)CC3)nc12. The molecule has 4 aromatic rings. The van der Waals surface area contributed by atoms with Crippen molar-refractivity contribution in [3.05, 3.63) is 83.9 Å². The highest BCUT2D eigenvalue weighted by molar-refractivity contribution is 7.22. The van der Waals surface area contributed by atoms with Gasteiger partial charge in [-0.2, -0.15) is 0 Å². The summed E-state index contributed by atoms with van der Waals surface area (Å²) < 4.78 is 12.1. The molecule has 0 saturated carbocycles. The van der Waals surface area contributed by atoms with Crippen LogP contribution in [0.4, 0.5) is 5.13 Å². The summed E-state index contributed by atoms with van der Waals surface area (Å²) in [6.45, 7) is 3.80. The fraction of sp³-hybridized carbons (Fsp3) is 0.269. The zero-order valence-corrected chi connectivity index (χ0v) is 19.2. The number of hydrogen-bond donors (Lipinski definition) is 0. The molecule has 0 spiro atoms. The number of thiazole rings is 1. The monoisotopic (exact) mass is 445 g/mol. The zero-order valence-electron chi connectivity index (χ0n) is 18.4. The van der Waals surface area contributed by atoms with E-state index < -0.39 is 0 Å². The Balaban J connectivity index is 1.39. The van der Waals surface area contributed by atoms with Gasteiger partial charge in [0.2, 0.25) is 0 Å². The molecular formula is C26H27N3O2S. The van der Waals surface area contributed by atoms with E-state index in [1.54, 1.807) is 25.6 Å². The quantitative estimate of drug-likeness (QED) is 0.407. The molecule has 6 heteroatoms. The number of methoxy groups -OCH3 is 2. The Morgan fingerprint density at radius 2 is 1.31 bits per heavy atom. The Kier molecular flexibility index (Phi) is 5.97. The molecule has 0 N–H and O–H groups in total. The highest BCUT2D eigenvalue weighted by atomic mass is 32.1. The highest BCUT2D eigenvalue weighted by Crippen LogP contribution is 2.40. The molecule has 5 rings (SSSR count). The third kappa shape index (κ3) is 3.92. The van der Waals surface area contributed by atoms with Crippen LogP contribution in [0.25, 0.3) is 10.2 Å². The van der Waals surface area contributed by atoms with E-state index in [0.717, 1.165) is 53.0 Å². The van der Waals surface area contributed by atoms with Gasteiger partial charge >= 0.3 is 0 Å². The summed E-state index contributed by atoms with van der Waals surface area (Å²) in [7, 11) is 3.39. The summed E-state index contributed by atoms with van der Waals surface area (Å²) in [5.74, 6) is 1.63. The average molecular weight is 446 g/mol. The largest absolute Gasteiger partial charge is 0.495 e. The molecule has 1 aromatic heterocycles. The summed E-state index contributed by atoms with van der Waals surface area (Å²) >= 11 is 1.68. The summed E-state index contributed by atoms with van der Waals surface area (Å²) in [5, 5.41) is 1.03. The molecule has 0 unspecified atom stereocenters. The number of hydrogen-bond acceptors (Lipinski definition) is 6. The molecule has 1 saturated heterocycles. The van der Waals surface area contributed by atoms with Gasteiger partial charge in [-0.25, -0.2) is 4.98 Å². The first kappa shape index (κ1) is 20.8. The highest BCUT2D eigenvalue weighted by Gasteiger charge is 2.28. The second kappa shape index (κ2) is 9.18. The minimum atomic E-state index is 0.259. The Bertz CT molecular complexity index is 1090. The topological polar surface area (TPSA) is 37.8 Å². The van der Waals surface area contributed by atoms with Crippen LogP contribution < -0.4 is 14.4 Å². The van der Waals surface area contributed by atoms with Crippen molar-refractivity contribution in [1.29, 1.82) is 0 Å². The third-order valence-corrected chi connectivity index (χ3v) is 7.21. The molecule has 0 atom stereocenters. The van der Waals surface area contributed by atoms with Crippen molar-refractivity contribution in [3.63, 3.8) is 0 Å². The van der Waals surface area contributed by atoms with Crippen LogP contribution in [-0.2, 0) is 0 Å². The fourth-order valence-electron chi connectivity index (χ4n) is 4.47. The van der Waals surface area contributed by atoms with Gasteiger partial charge in [0.15, 0.2) is 5.13 Å². The summed E-state index contributed by atoms with van der Waals surface area (Å²) in [4.78, 5) is 9.88. The smallest absolute Gasteiger partial charge is 0.186 e. The number of anilines is 1. The molecule has 2 heterocycles. The number of ether oxygens (including phenoxy) is 2. The van der Waals surface area contributed by atoms with Gasteiger partial charge in [0, 0.05) is 26.2 Å². The molecule has 164 valence electrons. The van der Waals surface area contributed by atoms with Gasteiger partial charge in [-0.1, -0.05) is 72.0 Å². The van der Waals surface area contributed by atoms with Crippen LogP contribution in [-0.4, -0.2) is 50.3 Å². The van der Waals surface area contributed by atoms with Crippen LogP contribution in [0.1, 0.15) is 17.2 Å². The molecule has 0 radical (unpaired) electrons. The maximum absolute atomic E-state index is 5.56. The van der Waals surface area contributed by atoms with E-state index in [-0.39, 0.29) is 6.04 Å². The van der Waals surface area contributed by atoms with Crippen LogP contribution >= 0.6 is 11.3 Å². The molecule has 32 heavy (non-hydrogen) atoms. The van der Waals surface area contributed by atoms with E-state index in [1.807, 2.05) is 12.1 Å². The van der Waals surface area contributed by atoms with Gasteiger partial charge < -0.3 is 14.4 Å². The number of nitrogens with zero attached hydrogens (tertiary/aromatic N) is 3.